The molecule has 0 radical (unpaired) electrons. The Morgan fingerprint density at radius 1 is 1.46 bits per heavy atom. The Morgan fingerprint density at radius 3 is 2.46 bits per heavy atom. The third-order valence-corrected chi connectivity index (χ3v) is 2.05. The lowest BCUT2D eigenvalue weighted by Gasteiger charge is -1.94. The zero-order valence-electron chi connectivity index (χ0n) is 8.13. The van der Waals surface area contributed by atoms with Crippen LogP contribution in [0, 0.1) is 6.92 Å². The molecule has 3 nitrogen and oxygen atoms in total. The van der Waals surface area contributed by atoms with Gasteiger partial charge in [-0.3, -0.25) is 0 Å². The molecule has 0 aliphatic rings. The highest BCUT2D eigenvalue weighted by Crippen LogP contribution is 1.93. The molecule has 0 saturated heterocycles. The van der Waals surface area contributed by atoms with E-state index < -0.39 is 0 Å². The van der Waals surface area contributed by atoms with Gasteiger partial charge in [0.1, 0.15) is 12.4 Å². The van der Waals surface area contributed by atoms with E-state index in [4.69, 9.17) is 0 Å². The molecule has 1 aromatic rings. The Morgan fingerprint density at radius 2 is 2.08 bits per heavy atom. The van der Waals surface area contributed by atoms with Crippen LogP contribution in [0.25, 0.3) is 0 Å². The first-order chi connectivity index (χ1) is 5.25. The van der Waals surface area contributed by atoms with Crippen LogP contribution >= 0.6 is 0 Å². The van der Waals surface area contributed by atoms with Gasteiger partial charge in [-0.15, -0.1) is 0 Å². The van der Waals surface area contributed by atoms with Crippen LogP contribution in [0.15, 0.2) is 12.4 Å². The number of imidazole rings is 1. The molecule has 0 aliphatic heterocycles. The minimum atomic E-state index is 0. The molecule has 0 fully saturated rings. The standard InChI is InChI=1S/C8H16N3.2BrH/c1-8-10(2)6-7-11(8)5-3-4-9;;/h6-7H,3-5,9H2,1-2H3;2*1H/q+1;;/p-1. The van der Waals surface area contributed by atoms with E-state index in [1.807, 2.05) is 0 Å². The lowest BCUT2D eigenvalue weighted by atomic mass is 10.4. The van der Waals surface area contributed by atoms with Gasteiger partial charge < -0.3 is 39.7 Å². The molecule has 0 saturated carbocycles. The van der Waals surface area contributed by atoms with Crippen molar-refractivity contribution in [1.29, 1.82) is 0 Å². The summed E-state index contributed by atoms with van der Waals surface area (Å²) in [6.45, 7) is 4.24. The topological polar surface area (TPSA) is 36.5 Å². The van der Waals surface area contributed by atoms with Gasteiger partial charge in [-0.05, 0) is 0 Å². The number of aromatic nitrogens is 2. The van der Waals surface area contributed by atoms with Crippen LogP contribution in [0.4, 0.5) is 0 Å². The zero-order chi connectivity index (χ0) is 8.27. The summed E-state index contributed by atoms with van der Waals surface area (Å²) in [5.41, 5.74) is 3.82. The molecule has 0 aromatic carbocycles. The van der Waals surface area contributed by atoms with Crippen LogP contribution in [0.3, 0.4) is 0 Å². The van der Waals surface area contributed by atoms with Gasteiger partial charge in [0.25, 0.3) is 5.82 Å². The summed E-state index contributed by atoms with van der Waals surface area (Å²) in [6, 6.07) is 0. The van der Waals surface area contributed by atoms with E-state index in [9.17, 15) is 0 Å². The summed E-state index contributed by atoms with van der Waals surface area (Å²) >= 11 is 0. The Bertz CT molecular complexity index is 235. The quantitative estimate of drug-likeness (QED) is 0.539. The van der Waals surface area contributed by atoms with Crippen molar-refractivity contribution in [2.24, 2.45) is 7.05 Å². The van der Waals surface area contributed by atoms with Crippen LogP contribution < -0.4 is 44.3 Å². The van der Waals surface area contributed by atoms with Crippen molar-refractivity contribution in [1.82, 2.24) is 4.57 Å². The molecular formula is C8H17Br2N3. The van der Waals surface area contributed by atoms with E-state index >= 15 is 0 Å². The SMILES string of the molecule is Cc1n(CCC[NH3+])cc[n+]1C.[Br-].[Br-]. The van der Waals surface area contributed by atoms with Crippen LogP contribution in [0.1, 0.15) is 12.2 Å². The molecule has 1 heterocycles. The Balaban J connectivity index is 0. The van der Waals surface area contributed by atoms with E-state index in [1.165, 1.54) is 5.82 Å². The van der Waals surface area contributed by atoms with Crippen LogP contribution in [0.2, 0.25) is 0 Å². The van der Waals surface area contributed by atoms with Gasteiger partial charge >= 0.3 is 0 Å². The summed E-state index contributed by atoms with van der Waals surface area (Å²) in [6.07, 6.45) is 5.36. The van der Waals surface area contributed by atoms with Gasteiger partial charge in [0.2, 0.25) is 0 Å². The molecule has 1 aromatic heterocycles. The molecule has 0 unspecified atom stereocenters. The molecule has 0 amide bonds. The van der Waals surface area contributed by atoms with Crippen LogP contribution in [0.5, 0.6) is 0 Å². The average Bonchev–Trinajstić information content (AvgIpc) is 2.31. The Hall–Kier alpha value is 0.130. The number of hydrogen-bond donors (Lipinski definition) is 1. The van der Waals surface area contributed by atoms with Crippen molar-refractivity contribution in [3.63, 3.8) is 0 Å². The molecule has 1 rings (SSSR count). The van der Waals surface area contributed by atoms with Gasteiger partial charge in [-0.1, -0.05) is 0 Å². The molecule has 0 bridgehead atoms. The van der Waals surface area contributed by atoms with Gasteiger partial charge in [0, 0.05) is 13.3 Å². The number of aryl methyl sites for hydroxylation is 2. The number of rotatable bonds is 3. The summed E-state index contributed by atoms with van der Waals surface area (Å²) in [5.74, 6) is 1.30. The summed E-state index contributed by atoms with van der Waals surface area (Å²) < 4.78 is 4.38. The Labute approximate surface area is 100 Å². The summed E-state index contributed by atoms with van der Waals surface area (Å²) in [5, 5.41) is 0. The number of halogens is 2. The number of nitrogens with zero attached hydrogens (tertiary/aromatic N) is 2. The van der Waals surface area contributed by atoms with Gasteiger partial charge in [0.15, 0.2) is 0 Å². The fraction of sp³-hybridized carbons (Fsp3) is 0.625. The predicted octanol–water partition coefficient (Wildman–Crippen LogP) is -6.74. The van der Waals surface area contributed by atoms with Crippen LogP contribution in [-0.4, -0.2) is 11.1 Å². The maximum atomic E-state index is 3.82. The molecule has 5 heteroatoms. The maximum Gasteiger partial charge on any atom is 0.253 e. The molecular weight excluding hydrogens is 298 g/mol. The Kier molecular flexibility index (Phi) is 9.03. The fourth-order valence-corrected chi connectivity index (χ4v) is 1.12. The average molecular weight is 315 g/mol. The second kappa shape index (κ2) is 7.53. The van der Waals surface area contributed by atoms with Crippen LogP contribution in [-0.2, 0) is 13.6 Å². The molecule has 0 aliphatic carbocycles. The lowest BCUT2D eigenvalue weighted by molar-refractivity contribution is -0.677. The number of hydrogen-bond acceptors (Lipinski definition) is 0. The summed E-state index contributed by atoms with van der Waals surface area (Å²) in [4.78, 5) is 0. The normalized spacial score (nSPS) is 8.85. The van der Waals surface area contributed by atoms with Crippen molar-refractivity contribution in [2.75, 3.05) is 6.54 Å². The second-order valence-electron chi connectivity index (χ2n) is 2.86. The first-order valence-corrected chi connectivity index (χ1v) is 4.06. The minimum absolute atomic E-state index is 0. The minimum Gasteiger partial charge on any atom is -1.00 e. The third-order valence-electron chi connectivity index (χ3n) is 2.05. The zero-order valence-corrected chi connectivity index (χ0v) is 11.3. The highest BCUT2D eigenvalue weighted by molar-refractivity contribution is 4.78. The number of quaternary nitrogens is 1. The van der Waals surface area contributed by atoms with E-state index in [0.717, 1.165) is 19.5 Å². The van der Waals surface area contributed by atoms with E-state index in [-0.39, 0.29) is 34.0 Å². The second-order valence-corrected chi connectivity index (χ2v) is 2.86. The highest BCUT2D eigenvalue weighted by Gasteiger charge is 2.06. The maximum absolute atomic E-state index is 3.82. The van der Waals surface area contributed by atoms with Crippen molar-refractivity contribution in [2.45, 2.75) is 19.9 Å². The van der Waals surface area contributed by atoms with Crippen molar-refractivity contribution < 1.29 is 44.3 Å². The monoisotopic (exact) mass is 313 g/mol. The smallest absolute Gasteiger partial charge is 0.253 e. The molecule has 0 spiro atoms. The highest BCUT2D eigenvalue weighted by atomic mass is 79.9. The van der Waals surface area contributed by atoms with Crippen molar-refractivity contribution in [3.05, 3.63) is 18.2 Å². The summed E-state index contributed by atoms with van der Waals surface area (Å²) in [7, 11) is 2.07. The van der Waals surface area contributed by atoms with Crippen molar-refractivity contribution >= 4 is 0 Å². The van der Waals surface area contributed by atoms with Gasteiger partial charge in [0.05, 0.1) is 20.1 Å². The third kappa shape index (κ3) is 4.24. The van der Waals surface area contributed by atoms with Gasteiger partial charge in [-0.25, -0.2) is 9.13 Å². The molecule has 0 atom stereocenters. The van der Waals surface area contributed by atoms with E-state index in [2.05, 4.69) is 41.2 Å². The molecule has 13 heavy (non-hydrogen) atoms. The predicted molar refractivity (Wildman–Crippen MR) is 42.7 cm³/mol. The van der Waals surface area contributed by atoms with Crippen molar-refractivity contribution in [3.8, 4) is 0 Å². The molecule has 3 N–H and O–H groups in total. The lowest BCUT2D eigenvalue weighted by Crippen LogP contribution is -3.00. The van der Waals surface area contributed by atoms with E-state index in [1.54, 1.807) is 0 Å². The fourth-order valence-electron chi connectivity index (χ4n) is 1.12. The first-order valence-electron chi connectivity index (χ1n) is 4.06. The van der Waals surface area contributed by atoms with Gasteiger partial charge in [-0.2, -0.15) is 0 Å². The largest absolute Gasteiger partial charge is 1.00 e. The first kappa shape index (κ1) is 15.6. The van der Waals surface area contributed by atoms with E-state index in [0.29, 0.717) is 0 Å². The molecule has 78 valence electrons.